The van der Waals surface area contributed by atoms with Crippen LogP contribution in [0.2, 0.25) is 29.7 Å². The molecule has 0 aromatic rings. The first-order chi connectivity index (χ1) is 11.5. The molecule has 0 aliphatic carbocycles. The largest absolute Gasteiger partial charge is 0.414 e. The first-order valence-electron chi connectivity index (χ1n) is 10.5. The Labute approximate surface area is 160 Å². The fourth-order valence-electron chi connectivity index (χ4n) is 5.00. The SMILES string of the molecule is CCC(C)(CC)[Si](C)(C)OC(C)C(CC)(CC)[Si]1(C)C=CCC(C)O1. The van der Waals surface area contributed by atoms with E-state index in [2.05, 4.69) is 79.9 Å². The van der Waals surface area contributed by atoms with Gasteiger partial charge in [-0.05, 0) is 57.8 Å². The predicted molar refractivity (Wildman–Crippen MR) is 116 cm³/mol. The molecule has 0 aromatic heterocycles. The second-order valence-corrected chi connectivity index (χ2v) is 17.3. The van der Waals surface area contributed by atoms with Crippen LogP contribution in [-0.2, 0) is 8.85 Å². The van der Waals surface area contributed by atoms with Crippen molar-refractivity contribution in [1.82, 2.24) is 0 Å². The molecule has 0 N–H and O–H groups in total. The first-order valence-corrected chi connectivity index (χ1v) is 15.9. The standard InChI is InChI=1S/C21H44O2Si2/c1-11-20(7,12-2)24(8,9)23-19(6)21(13-3,14-4)25(10)17-15-16-18(5)22-25/h15,17-19H,11-14,16H2,1-10H3. The van der Waals surface area contributed by atoms with Crippen molar-refractivity contribution in [2.75, 3.05) is 0 Å². The molecule has 0 fully saturated rings. The molecule has 25 heavy (non-hydrogen) atoms. The van der Waals surface area contributed by atoms with E-state index in [-0.39, 0.29) is 11.1 Å². The van der Waals surface area contributed by atoms with Gasteiger partial charge in [0.05, 0.1) is 0 Å². The smallest absolute Gasteiger partial charge is 0.222 e. The van der Waals surface area contributed by atoms with Crippen molar-refractivity contribution in [1.29, 1.82) is 0 Å². The van der Waals surface area contributed by atoms with Crippen LogP contribution >= 0.6 is 0 Å². The van der Waals surface area contributed by atoms with E-state index in [1.165, 1.54) is 12.8 Å². The third-order valence-corrected chi connectivity index (χ3v) is 17.3. The van der Waals surface area contributed by atoms with E-state index in [1.54, 1.807) is 0 Å². The van der Waals surface area contributed by atoms with Gasteiger partial charge in [-0.1, -0.05) is 59.2 Å². The van der Waals surface area contributed by atoms with Gasteiger partial charge < -0.3 is 8.85 Å². The number of rotatable bonds is 9. The van der Waals surface area contributed by atoms with E-state index in [0.717, 1.165) is 19.3 Å². The van der Waals surface area contributed by atoms with Gasteiger partial charge in [0, 0.05) is 17.2 Å². The Morgan fingerprint density at radius 2 is 1.68 bits per heavy atom. The summed E-state index contributed by atoms with van der Waals surface area (Å²) in [6.07, 6.45) is 8.66. The summed E-state index contributed by atoms with van der Waals surface area (Å²) in [5, 5.41) is 0.471. The van der Waals surface area contributed by atoms with Crippen LogP contribution in [0.1, 0.15) is 80.6 Å². The lowest BCUT2D eigenvalue weighted by Gasteiger charge is -2.53. The second kappa shape index (κ2) is 8.41. The number of hydrogen-bond acceptors (Lipinski definition) is 2. The molecule has 1 rings (SSSR count). The highest BCUT2D eigenvalue weighted by atomic mass is 28.4. The molecule has 4 heteroatoms. The summed E-state index contributed by atoms with van der Waals surface area (Å²) in [6.45, 7) is 23.6. The fraction of sp³-hybridized carbons (Fsp3) is 0.905. The van der Waals surface area contributed by atoms with Crippen molar-refractivity contribution in [2.45, 2.75) is 122 Å². The van der Waals surface area contributed by atoms with Gasteiger partial charge >= 0.3 is 0 Å². The zero-order valence-corrected chi connectivity index (χ0v) is 20.7. The highest BCUT2D eigenvalue weighted by Gasteiger charge is 2.55. The molecule has 2 nitrogen and oxygen atoms in total. The van der Waals surface area contributed by atoms with Crippen molar-refractivity contribution in [3.8, 4) is 0 Å². The molecule has 0 radical (unpaired) electrons. The summed E-state index contributed by atoms with van der Waals surface area (Å²) >= 11 is 0. The van der Waals surface area contributed by atoms with Crippen molar-refractivity contribution in [3.63, 3.8) is 0 Å². The van der Waals surface area contributed by atoms with Crippen molar-refractivity contribution >= 4 is 16.6 Å². The van der Waals surface area contributed by atoms with Crippen LogP contribution in [0.15, 0.2) is 11.8 Å². The molecule has 3 atom stereocenters. The van der Waals surface area contributed by atoms with Crippen LogP contribution in [0.3, 0.4) is 0 Å². The maximum Gasteiger partial charge on any atom is 0.222 e. The Morgan fingerprint density at radius 3 is 2.08 bits per heavy atom. The minimum absolute atomic E-state index is 0.144. The van der Waals surface area contributed by atoms with Crippen LogP contribution in [0.25, 0.3) is 0 Å². The summed E-state index contributed by atoms with van der Waals surface area (Å²) in [5.41, 5.74) is 2.45. The molecule has 0 saturated carbocycles. The zero-order valence-electron chi connectivity index (χ0n) is 18.7. The van der Waals surface area contributed by atoms with Gasteiger partial charge in [0.25, 0.3) is 0 Å². The lowest BCUT2D eigenvalue weighted by atomic mass is 9.96. The average molecular weight is 385 g/mol. The van der Waals surface area contributed by atoms with Crippen LogP contribution in [0, 0.1) is 0 Å². The monoisotopic (exact) mass is 384 g/mol. The first kappa shape index (κ1) is 23.1. The highest BCUT2D eigenvalue weighted by Crippen LogP contribution is 2.54. The highest BCUT2D eigenvalue weighted by molar-refractivity contribution is 6.81. The third kappa shape index (κ3) is 4.17. The Kier molecular flexibility index (Phi) is 7.78. The zero-order chi connectivity index (χ0) is 19.5. The van der Waals surface area contributed by atoms with Gasteiger partial charge in [0.1, 0.15) is 0 Å². The molecular formula is C21H44O2Si2. The van der Waals surface area contributed by atoms with Crippen molar-refractivity contribution < 1.29 is 8.85 Å². The molecule has 1 aliphatic heterocycles. The molecule has 0 bridgehead atoms. The van der Waals surface area contributed by atoms with Crippen molar-refractivity contribution in [2.24, 2.45) is 0 Å². The fourth-order valence-corrected chi connectivity index (χ4v) is 12.7. The molecule has 0 saturated heterocycles. The summed E-state index contributed by atoms with van der Waals surface area (Å²) in [6, 6.07) is 0. The van der Waals surface area contributed by atoms with E-state index in [0.29, 0.717) is 11.1 Å². The summed E-state index contributed by atoms with van der Waals surface area (Å²) in [5.74, 6) is 0. The van der Waals surface area contributed by atoms with E-state index in [1.807, 2.05) is 0 Å². The quantitative estimate of drug-likeness (QED) is 0.391. The van der Waals surface area contributed by atoms with Gasteiger partial charge in [-0.25, -0.2) is 0 Å². The molecule has 0 spiro atoms. The maximum atomic E-state index is 7.05. The number of hydrogen-bond donors (Lipinski definition) is 0. The topological polar surface area (TPSA) is 18.5 Å². The molecule has 1 heterocycles. The normalized spacial score (nSPS) is 26.7. The minimum Gasteiger partial charge on any atom is -0.414 e. The Morgan fingerprint density at radius 1 is 1.16 bits per heavy atom. The molecule has 148 valence electrons. The lowest BCUT2D eigenvalue weighted by molar-refractivity contribution is 0.103. The Bertz CT molecular complexity index is 453. The molecule has 0 amide bonds. The Hall–Kier alpha value is 0.0938. The summed E-state index contributed by atoms with van der Waals surface area (Å²) in [4.78, 5) is 0. The summed E-state index contributed by atoms with van der Waals surface area (Å²) in [7, 11) is -3.84. The molecule has 0 aromatic carbocycles. The molecular weight excluding hydrogens is 340 g/mol. The van der Waals surface area contributed by atoms with Gasteiger partial charge in [-0.3, -0.25) is 0 Å². The van der Waals surface area contributed by atoms with Crippen LogP contribution < -0.4 is 0 Å². The van der Waals surface area contributed by atoms with Gasteiger partial charge in [-0.15, -0.1) is 0 Å². The van der Waals surface area contributed by atoms with E-state index >= 15 is 0 Å². The van der Waals surface area contributed by atoms with Gasteiger partial charge in [-0.2, -0.15) is 0 Å². The van der Waals surface area contributed by atoms with E-state index < -0.39 is 16.6 Å². The maximum absolute atomic E-state index is 7.05. The third-order valence-electron chi connectivity index (χ3n) is 7.86. The van der Waals surface area contributed by atoms with E-state index in [4.69, 9.17) is 8.85 Å². The minimum atomic E-state index is -2.01. The van der Waals surface area contributed by atoms with Crippen LogP contribution in [-0.4, -0.2) is 28.8 Å². The predicted octanol–water partition coefficient (Wildman–Crippen LogP) is 7.22. The summed E-state index contributed by atoms with van der Waals surface area (Å²) < 4.78 is 13.7. The van der Waals surface area contributed by atoms with E-state index in [9.17, 15) is 0 Å². The lowest BCUT2D eigenvalue weighted by Crippen LogP contribution is -2.58. The van der Waals surface area contributed by atoms with Gasteiger partial charge in [0.2, 0.25) is 8.32 Å². The average Bonchev–Trinajstić information content (AvgIpc) is 2.54. The van der Waals surface area contributed by atoms with Crippen LogP contribution in [0.5, 0.6) is 0 Å². The molecule has 3 unspecified atom stereocenters. The van der Waals surface area contributed by atoms with Crippen LogP contribution in [0.4, 0.5) is 0 Å². The van der Waals surface area contributed by atoms with Gasteiger partial charge in [0.15, 0.2) is 8.32 Å². The van der Waals surface area contributed by atoms with Crippen molar-refractivity contribution in [3.05, 3.63) is 11.8 Å². The second-order valence-electron chi connectivity index (χ2n) is 9.07. The molecule has 1 aliphatic rings. The Balaban J connectivity index is 3.22.